The van der Waals surface area contributed by atoms with E-state index in [0.29, 0.717) is 12.2 Å². The molecule has 0 bridgehead atoms. The Balaban J connectivity index is 2.55. The van der Waals surface area contributed by atoms with E-state index in [1.807, 2.05) is 18.2 Å². The van der Waals surface area contributed by atoms with Gasteiger partial charge in [0.05, 0.1) is 23.6 Å². The molecule has 4 heteroatoms. The lowest BCUT2D eigenvalue weighted by molar-refractivity contribution is -0.116. The molecule has 1 amide bonds. The Morgan fingerprint density at radius 2 is 2.31 bits per heavy atom. The van der Waals surface area contributed by atoms with Crippen LogP contribution in [0.2, 0.25) is 0 Å². The minimum Gasteiger partial charge on any atom is -0.397 e. The van der Waals surface area contributed by atoms with Crippen LogP contribution in [0, 0.1) is 0 Å². The molecule has 1 aliphatic rings. The van der Waals surface area contributed by atoms with Crippen LogP contribution in [0.4, 0.5) is 17.1 Å². The number of carbonyl (C=O) groups is 1. The SMILES string of the molecule is CN1C(=O)CNc2c(N)cccc21. The molecule has 3 N–H and O–H groups in total. The normalized spacial score (nSPS) is 15.2. The Hall–Kier alpha value is -1.71. The summed E-state index contributed by atoms with van der Waals surface area (Å²) >= 11 is 0. The Bertz CT molecular complexity index is 362. The second-order valence-corrected chi connectivity index (χ2v) is 3.05. The second-order valence-electron chi connectivity index (χ2n) is 3.05. The summed E-state index contributed by atoms with van der Waals surface area (Å²) in [5, 5.41) is 2.99. The van der Waals surface area contributed by atoms with Crippen molar-refractivity contribution < 1.29 is 4.79 Å². The number of anilines is 3. The third-order valence-corrected chi connectivity index (χ3v) is 2.23. The number of nitrogen functional groups attached to an aromatic ring is 1. The summed E-state index contributed by atoms with van der Waals surface area (Å²) in [6.45, 7) is 0.317. The molecule has 1 heterocycles. The van der Waals surface area contributed by atoms with Gasteiger partial charge in [-0.1, -0.05) is 6.07 Å². The summed E-state index contributed by atoms with van der Waals surface area (Å²) in [7, 11) is 1.75. The van der Waals surface area contributed by atoms with Crippen LogP contribution < -0.4 is 16.0 Å². The van der Waals surface area contributed by atoms with Crippen molar-refractivity contribution in [3.63, 3.8) is 0 Å². The zero-order valence-corrected chi connectivity index (χ0v) is 7.37. The van der Waals surface area contributed by atoms with E-state index in [1.165, 1.54) is 0 Å². The maximum atomic E-state index is 11.3. The summed E-state index contributed by atoms with van der Waals surface area (Å²) in [5.74, 6) is 0.0538. The first-order valence-electron chi connectivity index (χ1n) is 4.09. The maximum Gasteiger partial charge on any atom is 0.246 e. The highest BCUT2D eigenvalue weighted by Gasteiger charge is 2.21. The van der Waals surface area contributed by atoms with Gasteiger partial charge in [-0.05, 0) is 12.1 Å². The van der Waals surface area contributed by atoms with Crippen LogP contribution in [-0.4, -0.2) is 19.5 Å². The second kappa shape index (κ2) is 2.65. The first kappa shape index (κ1) is 7.91. The lowest BCUT2D eigenvalue weighted by atomic mass is 10.2. The van der Waals surface area contributed by atoms with Gasteiger partial charge in [-0.15, -0.1) is 0 Å². The molecule has 0 saturated heterocycles. The fourth-order valence-electron chi connectivity index (χ4n) is 1.45. The van der Waals surface area contributed by atoms with Gasteiger partial charge in [0.25, 0.3) is 0 Å². The molecule has 0 saturated carbocycles. The van der Waals surface area contributed by atoms with Crippen molar-refractivity contribution in [2.45, 2.75) is 0 Å². The minimum atomic E-state index is 0.0538. The fourth-order valence-corrected chi connectivity index (χ4v) is 1.45. The number of nitrogens with one attached hydrogen (secondary N) is 1. The lowest BCUT2D eigenvalue weighted by Gasteiger charge is -2.27. The zero-order chi connectivity index (χ0) is 9.42. The summed E-state index contributed by atoms with van der Waals surface area (Å²) in [4.78, 5) is 12.9. The van der Waals surface area contributed by atoms with E-state index in [4.69, 9.17) is 5.73 Å². The first-order valence-corrected chi connectivity index (χ1v) is 4.09. The van der Waals surface area contributed by atoms with Crippen LogP contribution >= 0.6 is 0 Å². The van der Waals surface area contributed by atoms with Gasteiger partial charge in [0.1, 0.15) is 0 Å². The lowest BCUT2D eigenvalue weighted by Crippen LogP contribution is -2.37. The van der Waals surface area contributed by atoms with Crippen LogP contribution in [0.3, 0.4) is 0 Å². The van der Waals surface area contributed by atoms with E-state index >= 15 is 0 Å². The molecule has 1 aromatic carbocycles. The molecule has 0 fully saturated rings. The monoisotopic (exact) mass is 177 g/mol. The van der Waals surface area contributed by atoms with Crippen LogP contribution in [0.1, 0.15) is 0 Å². The van der Waals surface area contributed by atoms with Crippen molar-refractivity contribution in [2.24, 2.45) is 0 Å². The van der Waals surface area contributed by atoms with E-state index < -0.39 is 0 Å². The van der Waals surface area contributed by atoms with E-state index in [-0.39, 0.29) is 5.91 Å². The van der Waals surface area contributed by atoms with Crippen LogP contribution in [0.5, 0.6) is 0 Å². The number of nitrogens with two attached hydrogens (primary N) is 1. The average Bonchev–Trinajstić information content (AvgIpc) is 2.12. The van der Waals surface area contributed by atoms with Gasteiger partial charge in [0, 0.05) is 7.05 Å². The molecule has 1 aromatic rings. The van der Waals surface area contributed by atoms with Crippen molar-refractivity contribution in [3.05, 3.63) is 18.2 Å². The highest BCUT2D eigenvalue weighted by Crippen LogP contribution is 2.33. The number of nitrogens with zero attached hydrogens (tertiary/aromatic N) is 1. The molecule has 1 aliphatic heterocycles. The summed E-state index contributed by atoms with van der Waals surface area (Å²) in [6.07, 6.45) is 0. The fraction of sp³-hybridized carbons (Fsp3) is 0.222. The maximum absolute atomic E-state index is 11.3. The number of hydrogen-bond donors (Lipinski definition) is 2. The van der Waals surface area contributed by atoms with E-state index in [9.17, 15) is 4.79 Å². The van der Waals surface area contributed by atoms with E-state index in [1.54, 1.807) is 11.9 Å². The Morgan fingerprint density at radius 3 is 3.08 bits per heavy atom. The van der Waals surface area contributed by atoms with Gasteiger partial charge >= 0.3 is 0 Å². The molecule has 0 unspecified atom stereocenters. The summed E-state index contributed by atoms with van der Waals surface area (Å²) in [6, 6.07) is 5.52. The molecule has 0 aliphatic carbocycles. The van der Waals surface area contributed by atoms with Crippen LogP contribution in [-0.2, 0) is 4.79 Å². The quantitative estimate of drug-likeness (QED) is 0.572. The smallest absolute Gasteiger partial charge is 0.246 e. The number of likely N-dealkylation sites (N-methyl/N-ethyl adjacent to an activating group) is 1. The molecular weight excluding hydrogens is 166 g/mol. The minimum absolute atomic E-state index is 0.0538. The van der Waals surface area contributed by atoms with Crippen molar-refractivity contribution in [2.75, 3.05) is 29.5 Å². The summed E-state index contributed by atoms with van der Waals surface area (Å²) in [5.41, 5.74) is 8.12. The number of carbonyl (C=O) groups excluding carboxylic acids is 1. The Labute approximate surface area is 76.3 Å². The molecular formula is C9H11N3O. The van der Waals surface area contributed by atoms with E-state index in [2.05, 4.69) is 5.32 Å². The van der Waals surface area contributed by atoms with Gasteiger partial charge < -0.3 is 16.0 Å². The van der Waals surface area contributed by atoms with Gasteiger partial charge in [-0.3, -0.25) is 4.79 Å². The van der Waals surface area contributed by atoms with E-state index in [0.717, 1.165) is 11.4 Å². The standard InChI is InChI=1S/C9H11N3O/c1-12-7-4-2-3-6(10)9(7)11-5-8(12)13/h2-4,11H,5,10H2,1H3. The predicted octanol–water partition coefficient (Wildman–Crippen LogP) is 0.657. The Kier molecular flexibility index (Phi) is 1.62. The van der Waals surface area contributed by atoms with Gasteiger partial charge in [0.2, 0.25) is 5.91 Å². The van der Waals surface area contributed by atoms with Crippen LogP contribution in [0.15, 0.2) is 18.2 Å². The molecule has 2 rings (SSSR count). The molecule has 0 atom stereocenters. The van der Waals surface area contributed by atoms with Crippen molar-refractivity contribution in [1.29, 1.82) is 0 Å². The van der Waals surface area contributed by atoms with Crippen LogP contribution in [0.25, 0.3) is 0 Å². The third kappa shape index (κ3) is 1.11. The number of hydrogen-bond acceptors (Lipinski definition) is 3. The molecule has 0 radical (unpaired) electrons. The number of rotatable bonds is 0. The number of fused-ring (bicyclic) bond motifs is 1. The number of benzene rings is 1. The number of amides is 1. The first-order chi connectivity index (χ1) is 6.20. The number of para-hydroxylation sites is 1. The van der Waals surface area contributed by atoms with Gasteiger partial charge in [-0.25, -0.2) is 0 Å². The van der Waals surface area contributed by atoms with Gasteiger partial charge in [0.15, 0.2) is 0 Å². The predicted molar refractivity (Wildman–Crippen MR) is 52.8 cm³/mol. The molecule has 0 aromatic heterocycles. The molecule has 0 spiro atoms. The average molecular weight is 177 g/mol. The molecule has 68 valence electrons. The highest BCUT2D eigenvalue weighted by molar-refractivity contribution is 6.04. The van der Waals surface area contributed by atoms with Crippen molar-refractivity contribution in [1.82, 2.24) is 0 Å². The van der Waals surface area contributed by atoms with Crippen molar-refractivity contribution >= 4 is 23.0 Å². The van der Waals surface area contributed by atoms with Gasteiger partial charge in [-0.2, -0.15) is 0 Å². The Morgan fingerprint density at radius 1 is 1.54 bits per heavy atom. The largest absolute Gasteiger partial charge is 0.397 e. The zero-order valence-electron chi connectivity index (χ0n) is 7.37. The third-order valence-electron chi connectivity index (χ3n) is 2.23. The highest BCUT2D eigenvalue weighted by atomic mass is 16.2. The molecule has 13 heavy (non-hydrogen) atoms. The molecule has 4 nitrogen and oxygen atoms in total. The summed E-state index contributed by atoms with van der Waals surface area (Å²) < 4.78 is 0. The topological polar surface area (TPSA) is 58.4 Å². The van der Waals surface area contributed by atoms with Crippen molar-refractivity contribution in [3.8, 4) is 0 Å².